The summed E-state index contributed by atoms with van der Waals surface area (Å²) < 4.78 is 18.4. The normalized spacial score (nSPS) is 24.7. The molecule has 1 heterocycles. The number of halogens is 1. The van der Waals surface area contributed by atoms with E-state index in [-0.39, 0.29) is 5.76 Å². The van der Waals surface area contributed by atoms with Gasteiger partial charge < -0.3 is 4.74 Å². The Bertz CT molecular complexity index is 395. The lowest BCUT2D eigenvalue weighted by Crippen LogP contribution is -2.26. The summed E-state index contributed by atoms with van der Waals surface area (Å²) in [5, 5.41) is 0. The van der Waals surface area contributed by atoms with Crippen LogP contribution < -0.4 is 0 Å². The summed E-state index contributed by atoms with van der Waals surface area (Å²) >= 11 is 0. The Morgan fingerprint density at radius 1 is 1.40 bits per heavy atom. The van der Waals surface area contributed by atoms with Crippen LogP contribution in [0.5, 0.6) is 0 Å². The minimum atomic E-state index is -0.964. The smallest absolute Gasteiger partial charge is 0.181 e. The Labute approximate surface area is 87.4 Å². The number of allylic oxidation sites excluding steroid dienone is 1. The highest BCUT2D eigenvalue weighted by atomic mass is 19.1. The van der Waals surface area contributed by atoms with Crippen molar-refractivity contribution in [3.05, 3.63) is 41.7 Å². The van der Waals surface area contributed by atoms with Gasteiger partial charge in [0, 0.05) is 12.8 Å². The maximum atomic E-state index is 13.1. The zero-order valence-electron chi connectivity index (χ0n) is 8.20. The van der Waals surface area contributed by atoms with E-state index >= 15 is 0 Å². The van der Waals surface area contributed by atoms with Crippen molar-refractivity contribution < 1.29 is 13.9 Å². The lowest BCUT2D eigenvalue weighted by atomic mass is 9.92. The number of ether oxygens (including phenoxy) is 1. The summed E-state index contributed by atoms with van der Waals surface area (Å²) in [5.41, 5.74) is -0.189. The topological polar surface area (TPSA) is 26.3 Å². The third-order valence-electron chi connectivity index (χ3n) is 2.70. The van der Waals surface area contributed by atoms with Crippen molar-refractivity contribution in [1.29, 1.82) is 0 Å². The van der Waals surface area contributed by atoms with E-state index in [0.29, 0.717) is 12.8 Å². The van der Waals surface area contributed by atoms with Gasteiger partial charge in [-0.05, 0) is 5.56 Å². The maximum Gasteiger partial charge on any atom is 0.181 e. The molecule has 0 spiro atoms. The molecular weight excluding hydrogens is 195 g/mol. The lowest BCUT2D eigenvalue weighted by Gasteiger charge is -2.25. The van der Waals surface area contributed by atoms with Crippen LogP contribution in [0.25, 0.3) is 0 Å². The van der Waals surface area contributed by atoms with Crippen molar-refractivity contribution >= 4 is 5.94 Å². The van der Waals surface area contributed by atoms with Crippen LogP contribution in [-0.4, -0.2) is 12.6 Å². The van der Waals surface area contributed by atoms with Gasteiger partial charge in [0.25, 0.3) is 0 Å². The molecule has 1 aromatic rings. The van der Waals surface area contributed by atoms with E-state index in [1.807, 2.05) is 30.3 Å². The fraction of sp³-hybridized carbons (Fsp3) is 0.333. The molecule has 78 valence electrons. The van der Waals surface area contributed by atoms with Crippen molar-refractivity contribution in [3.8, 4) is 0 Å². The first-order chi connectivity index (χ1) is 7.30. The highest BCUT2D eigenvalue weighted by Crippen LogP contribution is 2.40. The van der Waals surface area contributed by atoms with Gasteiger partial charge in [-0.25, -0.2) is 9.18 Å². The zero-order chi connectivity index (χ0) is 10.7. The van der Waals surface area contributed by atoms with Crippen molar-refractivity contribution in [1.82, 2.24) is 0 Å². The Hall–Kier alpha value is -1.60. The van der Waals surface area contributed by atoms with E-state index < -0.39 is 12.3 Å². The van der Waals surface area contributed by atoms with Gasteiger partial charge in [-0.1, -0.05) is 30.3 Å². The van der Waals surface area contributed by atoms with Crippen LogP contribution in [0.1, 0.15) is 18.4 Å². The van der Waals surface area contributed by atoms with Gasteiger partial charge in [-0.3, -0.25) is 0 Å². The van der Waals surface area contributed by atoms with Crippen LogP contribution in [0.3, 0.4) is 0 Å². The number of benzene rings is 1. The number of alkyl halides is 1. The fourth-order valence-corrected chi connectivity index (χ4v) is 1.84. The molecule has 0 N–H and O–H groups in total. The summed E-state index contributed by atoms with van der Waals surface area (Å²) in [5.74, 6) is 1.92. The lowest BCUT2D eigenvalue weighted by molar-refractivity contribution is 0.0138. The first-order valence-electron chi connectivity index (χ1n) is 4.85. The zero-order valence-corrected chi connectivity index (χ0v) is 8.20. The molecule has 15 heavy (non-hydrogen) atoms. The van der Waals surface area contributed by atoms with Gasteiger partial charge in [0.05, 0.1) is 0 Å². The average molecular weight is 206 g/mol. The van der Waals surface area contributed by atoms with Crippen molar-refractivity contribution in [2.45, 2.75) is 18.4 Å². The molecule has 1 saturated heterocycles. The first-order valence-corrected chi connectivity index (χ1v) is 4.85. The van der Waals surface area contributed by atoms with Gasteiger partial charge >= 0.3 is 0 Å². The second kappa shape index (κ2) is 3.87. The third-order valence-corrected chi connectivity index (χ3v) is 2.70. The molecule has 1 fully saturated rings. The molecule has 0 amide bonds. The molecule has 1 aliphatic rings. The highest BCUT2D eigenvalue weighted by Gasteiger charge is 2.40. The molecule has 1 aliphatic heterocycles. The molecule has 1 atom stereocenters. The second-order valence-electron chi connectivity index (χ2n) is 3.62. The molecule has 0 bridgehead atoms. The largest absolute Gasteiger partial charge is 0.473 e. The fourth-order valence-electron chi connectivity index (χ4n) is 1.84. The van der Waals surface area contributed by atoms with E-state index in [2.05, 4.69) is 0 Å². The second-order valence-corrected chi connectivity index (χ2v) is 3.62. The van der Waals surface area contributed by atoms with Gasteiger partial charge in [0.2, 0.25) is 0 Å². The van der Waals surface area contributed by atoms with E-state index in [1.54, 1.807) is 5.94 Å². The van der Waals surface area contributed by atoms with Gasteiger partial charge in [-0.15, -0.1) is 0 Å². The summed E-state index contributed by atoms with van der Waals surface area (Å²) in [6.45, 7) is -0.623. The molecule has 1 aromatic carbocycles. The molecule has 1 unspecified atom stereocenters. The molecule has 0 radical (unpaired) electrons. The van der Waals surface area contributed by atoms with E-state index in [1.165, 1.54) is 0 Å². The van der Waals surface area contributed by atoms with Crippen LogP contribution in [0.4, 0.5) is 4.39 Å². The van der Waals surface area contributed by atoms with Gasteiger partial charge in [-0.2, -0.15) is 0 Å². The Morgan fingerprint density at radius 2 is 2.13 bits per heavy atom. The van der Waals surface area contributed by atoms with Crippen molar-refractivity contribution in [3.63, 3.8) is 0 Å². The summed E-state index contributed by atoms with van der Waals surface area (Å²) in [7, 11) is 0. The van der Waals surface area contributed by atoms with Crippen molar-refractivity contribution in [2.75, 3.05) is 6.67 Å². The van der Waals surface area contributed by atoms with Crippen LogP contribution in [-0.2, 0) is 15.1 Å². The number of hydrogen-bond acceptors (Lipinski definition) is 2. The Morgan fingerprint density at radius 3 is 2.67 bits per heavy atom. The van der Waals surface area contributed by atoms with Crippen LogP contribution >= 0.6 is 0 Å². The monoisotopic (exact) mass is 206 g/mol. The van der Waals surface area contributed by atoms with E-state index in [0.717, 1.165) is 5.56 Å². The van der Waals surface area contributed by atoms with Gasteiger partial charge in [0.1, 0.15) is 6.67 Å². The SMILES string of the molecule is O=C=C1CCC(CF)(c2ccccc2)O1. The average Bonchev–Trinajstić information content (AvgIpc) is 2.75. The predicted molar refractivity (Wildman–Crippen MR) is 53.6 cm³/mol. The summed E-state index contributed by atoms with van der Waals surface area (Å²) in [4.78, 5) is 10.4. The quantitative estimate of drug-likeness (QED) is 0.694. The molecule has 2 nitrogen and oxygen atoms in total. The summed E-state index contributed by atoms with van der Waals surface area (Å²) in [6, 6.07) is 9.15. The van der Waals surface area contributed by atoms with Crippen molar-refractivity contribution in [2.24, 2.45) is 0 Å². The number of rotatable bonds is 2. The molecule has 0 saturated carbocycles. The van der Waals surface area contributed by atoms with Crippen LogP contribution in [0.2, 0.25) is 0 Å². The standard InChI is InChI=1S/C12H11FO2/c13-9-12(7-6-11(8-14)15-12)10-4-2-1-3-5-10/h1-5H,6-7,9H2. The highest BCUT2D eigenvalue weighted by molar-refractivity contribution is 5.51. The number of carbonyl (C=O) groups excluding carboxylic acids is 1. The maximum absolute atomic E-state index is 13.1. The number of hydrogen-bond donors (Lipinski definition) is 0. The first kappa shape index (κ1) is 9.94. The summed E-state index contributed by atoms with van der Waals surface area (Å²) in [6.07, 6.45) is 0.959. The predicted octanol–water partition coefficient (Wildman–Crippen LogP) is 2.38. The van der Waals surface area contributed by atoms with E-state index in [9.17, 15) is 9.18 Å². The molecule has 0 aliphatic carbocycles. The van der Waals surface area contributed by atoms with Crippen LogP contribution in [0, 0.1) is 0 Å². The minimum absolute atomic E-state index is 0.219. The van der Waals surface area contributed by atoms with E-state index in [4.69, 9.17) is 4.74 Å². The molecule has 0 aromatic heterocycles. The third kappa shape index (κ3) is 1.66. The molecular formula is C12H11FO2. The molecule has 3 heteroatoms. The van der Waals surface area contributed by atoms with Gasteiger partial charge in [0.15, 0.2) is 17.3 Å². The van der Waals surface area contributed by atoms with Crippen LogP contribution in [0.15, 0.2) is 36.1 Å². The Balaban J connectivity index is 2.36. The molecule has 2 rings (SSSR count). The Kier molecular flexibility index (Phi) is 2.57. The minimum Gasteiger partial charge on any atom is -0.473 e.